The van der Waals surface area contributed by atoms with Gasteiger partial charge in [0, 0.05) is 38.2 Å². The number of amides is 2. The summed E-state index contributed by atoms with van der Waals surface area (Å²) in [6.45, 7) is 4.46. The van der Waals surface area contributed by atoms with Crippen molar-refractivity contribution < 1.29 is 27.4 Å². The van der Waals surface area contributed by atoms with Gasteiger partial charge in [-0.05, 0) is 19.9 Å². The number of nitrogens with zero attached hydrogens (tertiary/aromatic N) is 2. The molecule has 2 amide bonds. The number of halogens is 3. The molecule has 3 heterocycles. The van der Waals surface area contributed by atoms with E-state index in [2.05, 4.69) is 5.32 Å². The summed E-state index contributed by atoms with van der Waals surface area (Å²) in [7, 11) is 0. The second kappa shape index (κ2) is 7.36. The van der Waals surface area contributed by atoms with Crippen LogP contribution in [0.2, 0.25) is 0 Å². The van der Waals surface area contributed by atoms with E-state index in [4.69, 9.17) is 9.47 Å². The van der Waals surface area contributed by atoms with Crippen molar-refractivity contribution in [2.24, 2.45) is 5.92 Å². The Morgan fingerprint density at radius 1 is 1.38 bits per heavy atom. The summed E-state index contributed by atoms with van der Waals surface area (Å²) in [5, 5.41) is 3.03. The van der Waals surface area contributed by atoms with Crippen molar-refractivity contribution in [1.29, 1.82) is 0 Å². The van der Waals surface area contributed by atoms with E-state index in [1.807, 2.05) is 32.0 Å². The number of alkyl halides is 3. The van der Waals surface area contributed by atoms with Crippen LogP contribution >= 0.6 is 0 Å². The molecule has 0 radical (unpaired) electrons. The highest BCUT2D eigenvalue weighted by molar-refractivity contribution is 5.78. The highest BCUT2D eigenvalue weighted by atomic mass is 19.4. The zero-order chi connectivity index (χ0) is 20.8. The molecule has 6 nitrogen and oxygen atoms in total. The third kappa shape index (κ3) is 3.66. The Morgan fingerprint density at radius 3 is 2.90 bits per heavy atom. The van der Waals surface area contributed by atoms with Gasteiger partial charge >= 0.3 is 12.2 Å². The first kappa shape index (κ1) is 20.3. The maximum absolute atomic E-state index is 13.0. The molecule has 2 fully saturated rings. The van der Waals surface area contributed by atoms with Crippen LogP contribution in [0.5, 0.6) is 5.75 Å². The maximum Gasteiger partial charge on any atom is 0.401 e. The van der Waals surface area contributed by atoms with Gasteiger partial charge in [0.25, 0.3) is 0 Å². The Morgan fingerprint density at radius 2 is 2.17 bits per heavy atom. The van der Waals surface area contributed by atoms with Gasteiger partial charge in [-0.3, -0.25) is 9.80 Å². The van der Waals surface area contributed by atoms with Crippen molar-refractivity contribution >= 4 is 6.03 Å². The molecule has 3 aliphatic rings. The predicted molar refractivity (Wildman–Crippen MR) is 99.6 cm³/mol. The number of hydrogen-bond acceptors (Lipinski definition) is 4. The fourth-order valence-corrected chi connectivity index (χ4v) is 4.86. The molecule has 160 valence electrons. The average molecular weight is 413 g/mol. The molecule has 0 aromatic heterocycles. The third-order valence-electron chi connectivity index (χ3n) is 6.06. The lowest BCUT2D eigenvalue weighted by molar-refractivity contribution is -0.198. The fraction of sp³-hybridized carbons (Fsp3) is 0.650. The predicted octanol–water partition coefficient (Wildman–Crippen LogP) is 3.07. The summed E-state index contributed by atoms with van der Waals surface area (Å²) in [5.74, 6) is 0.370. The zero-order valence-electron chi connectivity index (χ0n) is 16.6. The molecule has 0 saturated carbocycles. The van der Waals surface area contributed by atoms with Gasteiger partial charge in [-0.1, -0.05) is 17.7 Å². The molecule has 2 bridgehead atoms. The van der Waals surface area contributed by atoms with E-state index in [9.17, 15) is 18.0 Å². The standard InChI is InChI=1S/C20H26F3N3O3/c1-3-28-9-8-26-18(27)24-17-14-10-13(2)4-5-16(14)29-19(26)6-7-25(11-15(17)19)12-20(21,22)23/h4-5,10,15,17H,3,6-9,11-12H2,1-2H3,(H,24,27). The van der Waals surface area contributed by atoms with Crippen molar-refractivity contribution in [3.63, 3.8) is 0 Å². The van der Waals surface area contributed by atoms with Gasteiger partial charge in [0.15, 0.2) is 5.72 Å². The van der Waals surface area contributed by atoms with Crippen molar-refractivity contribution in [2.75, 3.05) is 39.4 Å². The van der Waals surface area contributed by atoms with E-state index in [0.717, 1.165) is 11.1 Å². The smallest absolute Gasteiger partial charge is 0.401 e. The van der Waals surface area contributed by atoms with Gasteiger partial charge in [-0.15, -0.1) is 0 Å². The summed E-state index contributed by atoms with van der Waals surface area (Å²) in [6.07, 6.45) is -3.95. The fourth-order valence-electron chi connectivity index (χ4n) is 4.86. The van der Waals surface area contributed by atoms with Crippen molar-refractivity contribution in [3.8, 4) is 5.75 Å². The number of nitrogens with one attached hydrogen (secondary N) is 1. The van der Waals surface area contributed by atoms with E-state index in [1.165, 1.54) is 4.90 Å². The van der Waals surface area contributed by atoms with Crippen LogP contribution in [0.1, 0.15) is 30.5 Å². The van der Waals surface area contributed by atoms with E-state index in [1.54, 1.807) is 4.90 Å². The zero-order valence-corrected chi connectivity index (χ0v) is 16.6. The third-order valence-corrected chi connectivity index (χ3v) is 6.06. The van der Waals surface area contributed by atoms with E-state index in [-0.39, 0.29) is 31.1 Å². The van der Waals surface area contributed by atoms with Crippen LogP contribution in [0.3, 0.4) is 0 Å². The molecule has 3 aliphatic heterocycles. The number of aryl methyl sites for hydroxylation is 1. The number of hydrogen-bond donors (Lipinski definition) is 1. The normalized spacial score (nSPS) is 29.0. The minimum Gasteiger partial charge on any atom is -0.467 e. The molecule has 0 spiro atoms. The molecule has 4 rings (SSSR count). The second-order valence-electron chi connectivity index (χ2n) is 7.97. The van der Waals surface area contributed by atoms with Gasteiger partial charge in [0.1, 0.15) is 5.75 Å². The minimum absolute atomic E-state index is 0.197. The van der Waals surface area contributed by atoms with Crippen LogP contribution < -0.4 is 10.1 Å². The van der Waals surface area contributed by atoms with Crippen LogP contribution in [0.4, 0.5) is 18.0 Å². The average Bonchev–Trinajstić information content (AvgIpc) is 2.64. The van der Waals surface area contributed by atoms with Crippen LogP contribution in [0, 0.1) is 12.8 Å². The summed E-state index contributed by atoms with van der Waals surface area (Å²) < 4.78 is 50.9. The lowest BCUT2D eigenvalue weighted by atomic mass is 9.74. The highest BCUT2D eigenvalue weighted by Gasteiger charge is 2.61. The van der Waals surface area contributed by atoms with E-state index >= 15 is 0 Å². The number of likely N-dealkylation sites (tertiary alicyclic amines) is 1. The maximum atomic E-state index is 13.0. The molecule has 1 aromatic carbocycles. The molecule has 29 heavy (non-hydrogen) atoms. The van der Waals surface area contributed by atoms with E-state index in [0.29, 0.717) is 31.9 Å². The van der Waals surface area contributed by atoms with Crippen molar-refractivity contribution in [2.45, 2.75) is 38.2 Å². The Hall–Kier alpha value is -2.00. The lowest BCUT2D eigenvalue weighted by Crippen LogP contribution is -2.75. The minimum atomic E-state index is -4.26. The summed E-state index contributed by atoms with van der Waals surface area (Å²) in [5.41, 5.74) is 0.877. The molecule has 9 heteroatoms. The van der Waals surface area contributed by atoms with Gasteiger partial charge in [0.05, 0.1) is 25.1 Å². The number of benzene rings is 1. The first-order chi connectivity index (χ1) is 13.7. The largest absolute Gasteiger partial charge is 0.467 e. The molecule has 0 aliphatic carbocycles. The number of urea groups is 1. The molecule has 3 unspecified atom stereocenters. The van der Waals surface area contributed by atoms with E-state index < -0.39 is 18.4 Å². The second-order valence-corrected chi connectivity index (χ2v) is 7.97. The lowest BCUT2D eigenvalue weighted by Gasteiger charge is -2.60. The Balaban J connectivity index is 1.70. The van der Waals surface area contributed by atoms with Crippen LogP contribution in [0.15, 0.2) is 18.2 Å². The topological polar surface area (TPSA) is 54.0 Å². The summed E-state index contributed by atoms with van der Waals surface area (Å²) in [6, 6.07) is 5.13. The molecule has 2 saturated heterocycles. The first-order valence-electron chi connectivity index (χ1n) is 9.98. The summed E-state index contributed by atoms with van der Waals surface area (Å²) in [4.78, 5) is 16.0. The summed E-state index contributed by atoms with van der Waals surface area (Å²) >= 11 is 0. The number of rotatable bonds is 5. The Kier molecular flexibility index (Phi) is 5.14. The van der Waals surface area contributed by atoms with Crippen molar-refractivity contribution in [1.82, 2.24) is 15.1 Å². The van der Waals surface area contributed by atoms with Crippen LogP contribution in [0.25, 0.3) is 0 Å². The Bertz CT molecular complexity index is 788. The molecule has 3 atom stereocenters. The van der Waals surface area contributed by atoms with Crippen LogP contribution in [-0.4, -0.2) is 67.1 Å². The van der Waals surface area contributed by atoms with Gasteiger partial charge in [0.2, 0.25) is 0 Å². The number of ether oxygens (including phenoxy) is 2. The van der Waals surface area contributed by atoms with Gasteiger partial charge in [-0.25, -0.2) is 4.79 Å². The van der Waals surface area contributed by atoms with Gasteiger partial charge < -0.3 is 14.8 Å². The number of carbonyl (C=O) groups excluding carboxylic acids is 1. The monoisotopic (exact) mass is 413 g/mol. The number of fused-ring (bicyclic) bond motifs is 2. The quantitative estimate of drug-likeness (QED) is 0.754. The number of carbonyl (C=O) groups is 1. The highest BCUT2D eigenvalue weighted by Crippen LogP contribution is 2.51. The first-order valence-corrected chi connectivity index (χ1v) is 9.98. The SMILES string of the molecule is CCOCCN1C(=O)NC2c3cc(C)ccc3OC13CCN(CC(F)(F)F)CC23. The molecular formula is C20H26F3N3O3. The van der Waals surface area contributed by atoms with Crippen LogP contribution in [-0.2, 0) is 4.74 Å². The number of piperidine rings is 1. The van der Waals surface area contributed by atoms with Crippen molar-refractivity contribution in [3.05, 3.63) is 29.3 Å². The molecular weight excluding hydrogens is 387 g/mol. The van der Waals surface area contributed by atoms with Gasteiger partial charge in [-0.2, -0.15) is 13.2 Å². The Labute approximate surface area is 167 Å². The molecule has 1 aromatic rings. The molecule has 1 N–H and O–H groups in total.